The monoisotopic (exact) mass is 372 g/mol. The Balaban J connectivity index is 1.68. The van der Waals surface area contributed by atoms with Gasteiger partial charge in [0.25, 0.3) is 0 Å². The largest absolute Gasteiger partial charge is 0.497 e. The Hall–Kier alpha value is -3.40. The number of carbonyl (C=O) groups is 1. The first-order valence-corrected chi connectivity index (χ1v) is 9.27. The van der Waals surface area contributed by atoms with Crippen molar-refractivity contribution in [2.75, 3.05) is 12.4 Å². The second kappa shape index (κ2) is 9.51. The molecule has 3 aromatic rings. The fourth-order valence-corrected chi connectivity index (χ4v) is 3.08. The molecule has 0 saturated heterocycles. The molecule has 0 bridgehead atoms. The van der Waals surface area contributed by atoms with Crippen LogP contribution in [0.3, 0.4) is 0 Å². The van der Waals surface area contributed by atoms with Crippen LogP contribution in [0.25, 0.3) is 17.0 Å². The molecule has 1 heterocycles. The van der Waals surface area contributed by atoms with Crippen molar-refractivity contribution in [1.82, 2.24) is 4.98 Å². The number of anilines is 1. The van der Waals surface area contributed by atoms with Crippen LogP contribution in [-0.4, -0.2) is 18.0 Å². The highest BCUT2D eigenvalue weighted by Gasteiger charge is 2.08. The number of nitrogens with zero attached hydrogens (tertiary/aromatic N) is 1. The summed E-state index contributed by atoms with van der Waals surface area (Å²) in [6, 6.07) is 17.5. The van der Waals surface area contributed by atoms with Crippen molar-refractivity contribution in [2.45, 2.75) is 19.3 Å². The van der Waals surface area contributed by atoms with Crippen LogP contribution in [0.2, 0.25) is 0 Å². The zero-order valence-electron chi connectivity index (χ0n) is 16.0. The lowest BCUT2D eigenvalue weighted by molar-refractivity contribution is -0.116. The summed E-state index contributed by atoms with van der Waals surface area (Å²) >= 11 is 0. The molecule has 1 amide bonds. The van der Waals surface area contributed by atoms with Crippen molar-refractivity contribution in [3.63, 3.8) is 0 Å². The van der Waals surface area contributed by atoms with E-state index in [1.807, 2.05) is 60.7 Å². The highest BCUT2D eigenvalue weighted by molar-refractivity contribution is 6.00. The molecule has 3 rings (SSSR count). The Labute approximate surface area is 165 Å². The smallest absolute Gasteiger partial charge is 0.224 e. The molecule has 0 aliphatic rings. The first-order valence-electron chi connectivity index (χ1n) is 9.27. The molecular weight excluding hydrogens is 348 g/mol. The van der Waals surface area contributed by atoms with Crippen LogP contribution in [0.4, 0.5) is 5.69 Å². The molecule has 0 aliphatic carbocycles. The van der Waals surface area contributed by atoms with E-state index in [-0.39, 0.29) is 5.91 Å². The molecule has 0 radical (unpaired) electrons. The fourth-order valence-electron chi connectivity index (χ4n) is 3.08. The first-order chi connectivity index (χ1) is 13.7. The normalized spacial score (nSPS) is 11.2. The molecule has 1 aromatic heterocycles. The minimum atomic E-state index is -0.0289. The van der Waals surface area contributed by atoms with Gasteiger partial charge < -0.3 is 10.1 Å². The third-order valence-electron chi connectivity index (χ3n) is 4.45. The number of allylic oxidation sites excluding steroid dienone is 2. The minimum Gasteiger partial charge on any atom is -0.497 e. The SMILES string of the molecule is C=CCC(=Cc1cccc(OC)c1)CCC(=O)Nc1cccc2cccnc12. The topological polar surface area (TPSA) is 51.2 Å². The van der Waals surface area contributed by atoms with Gasteiger partial charge in [0.1, 0.15) is 5.75 Å². The lowest BCUT2D eigenvalue weighted by atomic mass is 10.0. The Morgan fingerprint density at radius 2 is 1.96 bits per heavy atom. The fraction of sp³-hybridized carbons (Fsp3) is 0.167. The maximum Gasteiger partial charge on any atom is 0.224 e. The molecule has 0 aliphatic heterocycles. The summed E-state index contributed by atoms with van der Waals surface area (Å²) in [4.78, 5) is 16.9. The number of amides is 1. The number of pyridine rings is 1. The van der Waals surface area contributed by atoms with E-state index in [4.69, 9.17) is 4.74 Å². The van der Waals surface area contributed by atoms with Gasteiger partial charge in [0.05, 0.1) is 18.3 Å². The molecule has 0 saturated carbocycles. The number of rotatable bonds is 8. The molecule has 0 fully saturated rings. The average molecular weight is 372 g/mol. The second-order valence-corrected chi connectivity index (χ2v) is 6.50. The molecule has 1 N–H and O–H groups in total. The van der Waals surface area contributed by atoms with Gasteiger partial charge in [-0.3, -0.25) is 9.78 Å². The number of benzene rings is 2. The van der Waals surface area contributed by atoms with E-state index in [0.717, 1.165) is 39.9 Å². The number of methoxy groups -OCH3 is 1. The van der Waals surface area contributed by atoms with Crippen LogP contribution in [-0.2, 0) is 4.79 Å². The van der Waals surface area contributed by atoms with Crippen LogP contribution in [0.1, 0.15) is 24.8 Å². The van der Waals surface area contributed by atoms with Crippen LogP contribution < -0.4 is 10.1 Å². The van der Waals surface area contributed by atoms with Gasteiger partial charge in [-0.25, -0.2) is 0 Å². The summed E-state index contributed by atoms with van der Waals surface area (Å²) in [6.45, 7) is 3.83. The quantitative estimate of drug-likeness (QED) is 0.522. The molecule has 142 valence electrons. The first kappa shape index (κ1) is 19.4. The van der Waals surface area contributed by atoms with Gasteiger partial charge in [-0.05, 0) is 42.7 Å². The second-order valence-electron chi connectivity index (χ2n) is 6.50. The van der Waals surface area contributed by atoms with Crippen molar-refractivity contribution >= 4 is 28.6 Å². The third-order valence-corrected chi connectivity index (χ3v) is 4.45. The number of aromatic nitrogens is 1. The number of hydrogen-bond donors (Lipinski definition) is 1. The van der Waals surface area contributed by atoms with E-state index in [2.05, 4.69) is 23.0 Å². The average Bonchev–Trinajstić information content (AvgIpc) is 2.72. The van der Waals surface area contributed by atoms with E-state index < -0.39 is 0 Å². The highest BCUT2D eigenvalue weighted by atomic mass is 16.5. The Kier molecular flexibility index (Phi) is 6.58. The number of fused-ring (bicyclic) bond motifs is 1. The van der Waals surface area contributed by atoms with Crippen molar-refractivity contribution in [2.24, 2.45) is 0 Å². The maximum atomic E-state index is 12.5. The molecule has 0 unspecified atom stereocenters. The van der Waals surface area contributed by atoms with Crippen LogP contribution in [0.5, 0.6) is 5.75 Å². The standard InChI is InChI=1S/C24H24N2O2/c1-3-7-18(16-19-8-4-11-21(17-19)28-2)13-14-23(27)26-22-12-5-9-20-10-6-15-25-24(20)22/h3-6,8-12,15-17H,1,7,13-14H2,2H3,(H,26,27). The number of nitrogens with one attached hydrogen (secondary N) is 1. The Morgan fingerprint density at radius 1 is 1.14 bits per heavy atom. The third kappa shape index (κ3) is 5.07. The Bertz CT molecular complexity index is 1000. The highest BCUT2D eigenvalue weighted by Crippen LogP contribution is 2.22. The zero-order valence-corrected chi connectivity index (χ0v) is 16.0. The predicted octanol–water partition coefficient (Wildman–Crippen LogP) is 5.62. The number of ether oxygens (including phenoxy) is 1. The zero-order chi connectivity index (χ0) is 19.8. The van der Waals surface area contributed by atoms with Crippen LogP contribution in [0, 0.1) is 0 Å². The van der Waals surface area contributed by atoms with Gasteiger partial charge in [0.15, 0.2) is 0 Å². The van der Waals surface area contributed by atoms with Gasteiger partial charge in [-0.1, -0.05) is 48.1 Å². The van der Waals surface area contributed by atoms with E-state index in [9.17, 15) is 4.79 Å². The van der Waals surface area contributed by atoms with Crippen molar-refractivity contribution < 1.29 is 9.53 Å². The maximum absolute atomic E-state index is 12.5. The lowest BCUT2D eigenvalue weighted by Gasteiger charge is -2.09. The molecule has 28 heavy (non-hydrogen) atoms. The lowest BCUT2D eigenvalue weighted by Crippen LogP contribution is -2.12. The van der Waals surface area contributed by atoms with Gasteiger partial charge in [-0.2, -0.15) is 0 Å². The minimum absolute atomic E-state index is 0.0289. The molecule has 2 aromatic carbocycles. The van der Waals surface area contributed by atoms with Crippen LogP contribution in [0.15, 0.2) is 79.0 Å². The molecular formula is C24H24N2O2. The molecule has 0 atom stereocenters. The van der Waals surface area contributed by atoms with E-state index in [0.29, 0.717) is 12.8 Å². The summed E-state index contributed by atoms with van der Waals surface area (Å²) < 4.78 is 5.28. The summed E-state index contributed by atoms with van der Waals surface area (Å²) in [5.74, 6) is 0.784. The van der Waals surface area contributed by atoms with Crippen LogP contribution >= 0.6 is 0 Å². The summed E-state index contributed by atoms with van der Waals surface area (Å²) in [5, 5.41) is 4.00. The molecule has 4 heteroatoms. The number of carbonyl (C=O) groups excluding carboxylic acids is 1. The molecule has 0 spiro atoms. The summed E-state index contributed by atoms with van der Waals surface area (Å²) in [7, 11) is 1.65. The van der Waals surface area contributed by atoms with E-state index >= 15 is 0 Å². The van der Waals surface area contributed by atoms with Gasteiger partial charge in [0, 0.05) is 18.0 Å². The van der Waals surface area contributed by atoms with Gasteiger partial charge in [0.2, 0.25) is 5.91 Å². The summed E-state index contributed by atoms with van der Waals surface area (Å²) in [6.07, 6.45) is 7.48. The number of para-hydroxylation sites is 1. The van der Waals surface area contributed by atoms with Crippen molar-refractivity contribution in [3.8, 4) is 5.75 Å². The molecule has 4 nitrogen and oxygen atoms in total. The van der Waals surface area contributed by atoms with E-state index in [1.54, 1.807) is 13.3 Å². The van der Waals surface area contributed by atoms with Gasteiger partial charge >= 0.3 is 0 Å². The number of hydrogen-bond acceptors (Lipinski definition) is 3. The Morgan fingerprint density at radius 3 is 2.79 bits per heavy atom. The summed E-state index contributed by atoms with van der Waals surface area (Å²) in [5.41, 5.74) is 3.74. The van der Waals surface area contributed by atoms with E-state index in [1.165, 1.54) is 0 Å². The predicted molar refractivity (Wildman–Crippen MR) is 115 cm³/mol. The van der Waals surface area contributed by atoms with Crippen molar-refractivity contribution in [3.05, 3.63) is 84.6 Å². The van der Waals surface area contributed by atoms with Crippen molar-refractivity contribution in [1.29, 1.82) is 0 Å². The van der Waals surface area contributed by atoms with Gasteiger partial charge in [-0.15, -0.1) is 6.58 Å².